The third-order valence-corrected chi connectivity index (χ3v) is 3.95. The van der Waals surface area contributed by atoms with Gasteiger partial charge in [-0.15, -0.1) is 0 Å². The predicted molar refractivity (Wildman–Crippen MR) is 73.5 cm³/mol. The van der Waals surface area contributed by atoms with Crippen molar-refractivity contribution in [2.24, 2.45) is 7.05 Å². The Morgan fingerprint density at radius 2 is 2.10 bits per heavy atom. The van der Waals surface area contributed by atoms with Crippen LogP contribution in [0.2, 0.25) is 0 Å². The molecule has 6 heteroatoms. The zero-order chi connectivity index (χ0) is 14.8. The van der Waals surface area contributed by atoms with Gasteiger partial charge in [0.25, 0.3) is 5.91 Å². The van der Waals surface area contributed by atoms with Crippen molar-refractivity contribution in [2.45, 2.75) is 51.0 Å². The summed E-state index contributed by atoms with van der Waals surface area (Å²) in [5, 5.41) is 16.2. The van der Waals surface area contributed by atoms with Crippen molar-refractivity contribution in [3.63, 3.8) is 0 Å². The van der Waals surface area contributed by atoms with Crippen LogP contribution in [0, 0.1) is 0 Å². The number of hydrogen-bond acceptors (Lipinski definition) is 3. The van der Waals surface area contributed by atoms with E-state index < -0.39 is 11.5 Å². The molecule has 1 amide bonds. The third kappa shape index (κ3) is 3.00. The number of aromatic nitrogens is 2. The monoisotopic (exact) mass is 279 g/mol. The molecule has 1 aromatic rings. The number of aryl methyl sites for hydroxylation is 2. The molecule has 0 atom stereocenters. The summed E-state index contributed by atoms with van der Waals surface area (Å²) in [5.74, 6) is -1.10. The SMILES string of the molecule is CCc1cc(C(=O)NC2(CC(=O)O)CCCC2)n(C)n1. The molecule has 0 unspecified atom stereocenters. The van der Waals surface area contributed by atoms with Crippen LogP contribution in [0.1, 0.15) is 55.2 Å². The van der Waals surface area contributed by atoms with Gasteiger partial charge in [-0.2, -0.15) is 5.10 Å². The van der Waals surface area contributed by atoms with Gasteiger partial charge in [-0.05, 0) is 25.3 Å². The highest BCUT2D eigenvalue weighted by Crippen LogP contribution is 2.33. The van der Waals surface area contributed by atoms with Crippen molar-refractivity contribution < 1.29 is 14.7 Å². The van der Waals surface area contributed by atoms with Gasteiger partial charge >= 0.3 is 5.97 Å². The van der Waals surface area contributed by atoms with E-state index in [0.717, 1.165) is 37.8 Å². The van der Waals surface area contributed by atoms with E-state index in [4.69, 9.17) is 5.11 Å². The number of nitrogens with one attached hydrogen (secondary N) is 1. The molecule has 1 heterocycles. The van der Waals surface area contributed by atoms with Crippen LogP contribution >= 0.6 is 0 Å². The van der Waals surface area contributed by atoms with Gasteiger partial charge in [-0.25, -0.2) is 0 Å². The smallest absolute Gasteiger partial charge is 0.305 e. The van der Waals surface area contributed by atoms with Crippen LogP contribution in [0.3, 0.4) is 0 Å². The van der Waals surface area contributed by atoms with E-state index in [-0.39, 0.29) is 12.3 Å². The van der Waals surface area contributed by atoms with Crippen LogP contribution in [0.25, 0.3) is 0 Å². The summed E-state index contributed by atoms with van der Waals surface area (Å²) in [5.41, 5.74) is 0.745. The first-order valence-electron chi connectivity index (χ1n) is 7.03. The van der Waals surface area contributed by atoms with Crippen LogP contribution < -0.4 is 5.32 Å². The summed E-state index contributed by atoms with van der Waals surface area (Å²) in [4.78, 5) is 23.4. The van der Waals surface area contributed by atoms with Crippen molar-refractivity contribution in [1.29, 1.82) is 0 Å². The molecular formula is C14H21N3O3. The minimum Gasteiger partial charge on any atom is -0.481 e. The Morgan fingerprint density at radius 3 is 2.60 bits per heavy atom. The number of nitrogens with zero attached hydrogens (tertiary/aromatic N) is 2. The molecule has 1 aromatic heterocycles. The summed E-state index contributed by atoms with van der Waals surface area (Å²) in [6.07, 6.45) is 4.12. The molecule has 0 bridgehead atoms. The number of carbonyl (C=O) groups excluding carboxylic acids is 1. The first-order chi connectivity index (χ1) is 9.46. The molecule has 0 spiro atoms. The fourth-order valence-electron chi connectivity index (χ4n) is 2.90. The topological polar surface area (TPSA) is 84.2 Å². The number of carboxylic acids is 1. The molecule has 1 aliphatic rings. The number of amides is 1. The molecule has 1 saturated carbocycles. The van der Waals surface area contributed by atoms with Gasteiger partial charge < -0.3 is 10.4 Å². The molecule has 20 heavy (non-hydrogen) atoms. The summed E-state index contributed by atoms with van der Waals surface area (Å²) >= 11 is 0. The molecular weight excluding hydrogens is 258 g/mol. The fourth-order valence-corrected chi connectivity index (χ4v) is 2.90. The Kier molecular flexibility index (Phi) is 4.11. The second-order valence-corrected chi connectivity index (χ2v) is 5.51. The largest absolute Gasteiger partial charge is 0.481 e. The highest BCUT2D eigenvalue weighted by atomic mass is 16.4. The minimum atomic E-state index is -0.869. The normalized spacial score (nSPS) is 17.1. The number of carboxylic acid groups (broad SMARTS) is 1. The van der Waals surface area contributed by atoms with Crippen LogP contribution in [-0.4, -0.2) is 32.3 Å². The minimum absolute atomic E-state index is 0.0166. The van der Waals surface area contributed by atoms with Crippen molar-refractivity contribution >= 4 is 11.9 Å². The van der Waals surface area contributed by atoms with Crippen LogP contribution in [-0.2, 0) is 18.3 Å². The van der Waals surface area contributed by atoms with Crippen LogP contribution in [0.5, 0.6) is 0 Å². The molecule has 0 saturated heterocycles. The summed E-state index contributed by atoms with van der Waals surface area (Å²) in [6, 6.07) is 1.76. The number of aliphatic carboxylic acids is 1. The van der Waals surface area contributed by atoms with Gasteiger partial charge in [0.1, 0.15) is 5.69 Å². The number of carbonyl (C=O) groups is 2. The molecule has 1 aliphatic carbocycles. The molecule has 6 nitrogen and oxygen atoms in total. The van der Waals surface area contributed by atoms with E-state index in [1.54, 1.807) is 17.8 Å². The lowest BCUT2D eigenvalue weighted by atomic mass is 9.93. The second-order valence-electron chi connectivity index (χ2n) is 5.51. The lowest BCUT2D eigenvalue weighted by Gasteiger charge is -2.28. The molecule has 110 valence electrons. The van der Waals surface area contributed by atoms with Gasteiger partial charge in [-0.3, -0.25) is 14.3 Å². The number of rotatable bonds is 5. The Labute approximate surface area is 118 Å². The van der Waals surface area contributed by atoms with Gasteiger partial charge in [-0.1, -0.05) is 19.8 Å². The van der Waals surface area contributed by atoms with Crippen molar-refractivity contribution in [3.8, 4) is 0 Å². The Morgan fingerprint density at radius 1 is 1.45 bits per heavy atom. The van der Waals surface area contributed by atoms with Gasteiger partial charge in [0.05, 0.1) is 17.7 Å². The zero-order valence-corrected chi connectivity index (χ0v) is 12.0. The maximum absolute atomic E-state index is 12.4. The van der Waals surface area contributed by atoms with Crippen molar-refractivity contribution in [3.05, 3.63) is 17.5 Å². The Balaban J connectivity index is 2.15. The average Bonchev–Trinajstić information content (AvgIpc) is 2.95. The van der Waals surface area contributed by atoms with Crippen LogP contribution in [0.4, 0.5) is 0 Å². The summed E-state index contributed by atoms with van der Waals surface area (Å²) < 4.78 is 1.55. The Bertz CT molecular complexity index is 516. The highest BCUT2D eigenvalue weighted by Gasteiger charge is 2.38. The molecule has 0 aromatic carbocycles. The highest BCUT2D eigenvalue weighted by molar-refractivity contribution is 5.93. The van der Waals surface area contributed by atoms with E-state index in [1.807, 2.05) is 6.92 Å². The van der Waals surface area contributed by atoms with E-state index >= 15 is 0 Å². The lowest BCUT2D eigenvalue weighted by molar-refractivity contribution is -0.138. The zero-order valence-electron chi connectivity index (χ0n) is 12.0. The summed E-state index contributed by atoms with van der Waals surface area (Å²) in [6.45, 7) is 1.98. The van der Waals surface area contributed by atoms with Gasteiger partial charge in [0.15, 0.2) is 0 Å². The van der Waals surface area contributed by atoms with Gasteiger partial charge in [0.2, 0.25) is 0 Å². The van der Waals surface area contributed by atoms with E-state index in [2.05, 4.69) is 10.4 Å². The molecule has 2 rings (SSSR count). The van der Waals surface area contributed by atoms with Crippen LogP contribution in [0.15, 0.2) is 6.07 Å². The predicted octanol–water partition coefficient (Wildman–Crippen LogP) is 1.50. The van der Waals surface area contributed by atoms with Crippen molar-refractivity contribution in [2.75, 3.05) is 0 Å². The number of hydrogen-bond donors (Lipinski definition) is 2. The second kappa shape index (κ2) is 5.64. The lowest BCUT2D eigenvalue weighted by Crippen LogP contribution is -2.48. The van der Waals surface area contributed by atoms with Gasteiger partial charge in [0, 0.05) is 7.05 Å². The fraction of sp³-hybridized carbons (Fsp3) is 0.643. The van der Waals surface area contributed by atoms with Crippen molar-refractivity contribution in [1.82, 2.24) is 15.1 Å². The molecule has 0 aliphatic heterocycles. The maximum atomic E-state index is 12.4. The molecule has 2 N–H and O–H groups in total. The quantitative estimate of drug-likeness (QED) is 0.855. The van der Waals surface area contributed by atoms with E-state index in [9.17, 15) is 9.59 Å². The Hall–Kier alpha value is -1.85. The third-order valence-electron chi connectivity index (χ3n) is 3.95. The average molecular weight is 279 g/mol. The van der Waals surface area contributed by atoms with E-state index in [1.165, 1.54) is 0 Å². The maximum Gasteiger partial charge on any atom is 0.305 e. The van der Waals surface area contributed by atoms with E-state index in [0.29, 0.717) is 5.69 Å². The first-order valence-corrected chi connectivity index (χ1v) is 7.03. The molecule has 0 radical (unpaired) electrons. The molecule has 1 fully saturated rings. The summed E-state index contributed by atoms with van der Waals surface area (Å²) in [7, 11) is 1.73. The standard InChI is InChI=1S/C14H21N3O3/c1-3-10-8-11(17(2)16-10)13(20)15-14(9-12(18)19)6-4-5-7-14/h8H,3-7,9H2,1-2H3,(H,15,20)(H,18,19). The first kappa shape index (κ1) is 14.6.